The predicted octanol–water partition coefficient (Wildman–Crippen LogP) is 4.64. The molecule has 1 saturated heterocycles. The van der Waals surface area contributed by atoms with Gasteiger partial charge in [-0.15, -0.1) is 0 Å². The second kappa shape index (κ2) is 9.15. The normalized spacial score (nSPS) is 23.6. The van der Waals surface area contributed by atoms with Gasteiger partial charge < -0.3 is 15.1 Å². The van der Waals surface area contributed by atoms with Crippen LogP contribution in [0.1, 0.15) is 80.1 Å². The number of carboxylic acids is 1. The van der Waals surface area contributed by atoms with Crippen LogP contribution in [0.5, 0.6) is 0 Å². The number of piperidine rings is 1. The van der Waals surface area contributed by atoms with Crippen LogP contribution >= 0.6 is 0 Å². The van der Waals surface area contributed by atoms with Crippen molar-refractivity contribution in [1.82, 2.24) is 5.06 Å². The number of carboxylic acid groups (broad SMARTS) is 1. The van der Waals surface area contributed by atoms with Crippen molar-refractivity contribution in [2.45, 2.75) is 103 Å². The third-order valence-electron chi connectivity index (χ3n) is 5.11. The highest BCUT2D eigenvalue weighted by molar-refractivity contribution is 5.79. The number of hydroxylamine groups is 2. The molecule has 2 atom stereocenters. The Balaban J connectivity index is 2.33. The van der Waals surface area contributed by atoms with Crippen LogP contribution in [-0.2, 0) is 9.53 Å². The summed E-state index contributed by atoms with van der Waals surface area (Å²) in [7, 11) is 0. The fraction of sp³-hybridized carbons (Fsp3) is 0.850. The summed E-state index contributed by atoms with van der Waals surface area (Å²) in [6.07, 6.45) is 9.18. The summed E-state index contributed by atoms with van der Waals surface area (Å²) in [5.74, 6) is -0.587. The number of hydrogen-bond donors (Lipinski definition) is 2. The van der Waals surface area contributed by atoms with Crippen molar-refractivity contribution in [3.8, 4) is 0 Å². The van der Waals surface area contributed by atoms with Crippen molar-refractivity contribution in [3.63, 3.8) is 0 Å². The zero-order valence-electron chi connectivity index (χ0n) is 16.8. The predicted molar refractivity (Wildman–Crippen MR) is 99.8 cm³/mol. The van der Waals surface area contributed by atoms with Gasteiger partial charge in [0.05, 0.1) is 12.2 Å². The van der Waals surface area contributed by atoms with Crippen LogP contribution in [0.15, 0.2) is 12.2 Å². The highest BCUT2D eigenvalue weighted by Gasteiger charge is 2.45. The summed E-state index contributed by atoms with van der Waals surface area (Å²) < 4.78 is 6.27. The maximum atomic E-state index is 10.5. The summed E-state index contributed by atoms with van der Waals surface area (Å²) >= 11 is 0. The molecule has 0 aromatic carbocycles. The molecule has 0 aliphatic carbocycles. The van der Waals surface area contributed by atoms with Gasteiger partial charge in [-0.3, -0.25) is 0 Å². The van der Waals surface area contributed by atoms with Crippen LogP contribution in [0.25, 0.3) is 0 Å². The largest absolute Gasteiger partial charge is 0.478 e. The molecule has 0 saturated carbocycles. The van der Waals surface area contributed by atoms with Crippen LogP contribution in [0.3, 0.4) is 0 Å². The van der Waals surface area contributed by atoms with Gasteiger partial charge in [-0.25, -0.2) is 4.79 Å². The zero-order chi connectivity index (χ0) is 19.3. The number of rotatable bonds is 9. The van der Waals surface area contributed by atoms with E-state index in [1.807, 2.05) is 6.92 Å². The molecule has 2 N–H and O–H groups in total. The Morgan fingerprint density at radius 2 is 1.68 bits per heavy atom. The van der Waals surface area contributed by atoms with Crippen molar-refractivity contribution in [3.05, 3.63) is 12.2 Å². The average molecular weight is 356 g/mol. The second-order valence-corrected chi connectivity index (χ2v) is 8.87. The minimum atomic E-state index is -0.881. The van der Waals surface area contributed by atoms with E-state index in [0.29, 0.717) is 5.92 Å². The van der Waals surface area contributed by atoms with Crippen molar-refractivity contribution in [2.75, 3.05) is 0 Å². The lowest BCUT2D eigenvalue weighted by molar-refractivity contribution is -0.264. The Kier molecular flexibility index (Phi) is 8.10. The van der Waals surface area contributed by atoms with Gasteiger partial charge in [-0.2, -0.15) is 5.06 Å². The molecular formula is C20H37NO4. The van der Waals surface area contributed by atoms with E-state index < -0.39 is 5.97 Å². The van der Waals surface area contributed by atoms with Gasteiger partial charge in [-0.1, -0.05) is 25.8 Å². The Bertz CT molecular complexity index is 441. The van der Waals surface area contributed by atoms with Gasteiger partial charge in [-0.05, 0) is 66.2 Å². The molecule has 0 spiro atoms. The number of aliphatic carboxylic acids is 1. The van der Waals surface area contributed by atoms with E-state index in [4.69, 9.17) is 9.84 Å². The minimum absolute atomic E-state index is 0.167. The lowest BCUT2D eigenvalue weighted by Crippen LogP contribution is -2.60. The third kappa shape index (κ3) is 7.47. The smallest absolute Gasteiger partial charge is 0.327 e. The molecule has 5 nitrogen and oxygen atoms in total. The minimum Gasteiger partial charge on any atom is -0.478 e. The first-order valence-electron chi connectivity index (χ1n) is 9.50. The summed E-state index contributed by atoms with van der Waals surface area (Å²) in [6.45, 7) is 12.4. The van der Waals surface area contributed by atoms with E-state index in [1.54, 1.807) is 6.08 Å². The standard InChI is InChI=1S/C20H37NO4/c1-15(11-12-18(22)23)9-7-8-10-16(2)25-17-13-19(3,4)21(24)20(5,6)14-17/h11-12,15-17,24H,7-10,13-14H2,1-6H3,(H,22,23). The molecular weight excluding hydrogens is 318 g/mol. The maximum absolute atomic E-state index is 10.5. The first-order valence-corrected chi connectivity index (χ1v) is 9.50. The van der Waals surface area contributed by atoms with Gasteiger partial charge in [0.15, 0.2) is 0 Å². The number of nitrogens with zero attached hydrogens (tertiary/aromatic N) is 1. The Morgan fingerprint density at radius 1 is 1.16 bits per heavy atom. The zero-order valence-corrected chi connectivity index (χ0v) is 16.8. The first kappa shape index (κ1) is 22.1. The number of carbonyl (C=O) groups is 1. The number of ether oxygens (including phenoxy) is 1. The molecule has 0 radical (unpaired) electrons. The average Bonchev–Trinajstić information content (AvgIpc) is 2.46. The van der Waals surface area contributed by atoms with E-state index in [1.165, 1.54) is 11.1 Å². The van der Waals surface area contributed by atoms with Crippen LogP contribution in [0.4, 0.5) is 0 Å². The number of unbranched alkanes of at least 4 members (excludes halogenated alkanes) is 1. The molecule has 1 aliphatic rings. The van der Waals surface area contributed by atoms with E-state index in [9.17, 15) is 10.0 Å². The quantitative estimate of drug-likeness (QED) is 0.466. The SMILES string of the molecule is CC(C=CC(=O)O)CCCCC(C)OC1CC(C)(C)N(O)C(C)(C)C1. The highest BCUT2D eigenvalue weighted by atomic mass is 16.5. The fourth-order valence-electron chi connectivity index (χ4n) is 3.91. The third-order valence-corrected chi connectivity index (χ3v) is 5.11. The molecule has 1 aliphatic heterocycles. The molecule has 0 aromatic heterocycles. The summed E-state index contributed by atoms with van der Waals surface area (Å²) in [5, 5.41) is 20.5. The molecule has 0 bridgehead atoms. The van der Waals surface area contributed by atoms with Gasteiger partial charge in [0, 0.05) is 17.2 Å². The topological polar surface area (TPSA) is 70.0 Å². The molecule has 2 unspecified atom stereocenters. The molecule has 5 heteroatoms. The molecule has 1 fully saturated rings. The second-order valence-electron chi connectivity index (χ2n) is 8.87. The first-order chi connectivity index (χ1) is 11.4. The van der Waals surface area contributed by atoms with Crippen molar-refractivity contribution >= 4 is 5.97 Å². The van der Waals surface area contributed by atoms with Gasteiger partial charge in [0.2, 0.25) is 0 Å². The Labute approximate surface area is 153 Å². The molecule has 1 heterocycles. The summed E-state index contributed by atoms with van der Waals surface area (Å²) in [6, 6.07) is 0. The monoisotopic (exact) mass is 355 g/mol. The van der Waals surface area contributed by atoms with Gasteiger partial charge in [0.1, 0.15) is 0 Å². The van der Waals surface area contributed by atoms with Crippen LogP contribution in [0, 0.1) is 5.92 Å². The van der Waals surface area contributed by atoms with Gasteiger partial charge >= 0.3 is 5.97 Å². The molecule has 25 heavy (non-hydrogen) atoms. The number of allylic oxidation sites excluding steroid dienone is 1. The van der Waals surface area contributed by atoms with Crippen LogP contribution in [-0.4, -0.2) is 44.6 Å². The van der Waals surface area contributed by atoms with E-state index in [0.717, 1.165) is 38.5 Å². The molecule has 146 valence electrons. The molecule has 0 amide bonds. The van der Waals surface area contributed by atoms with Crippen molar-refractivity contribution in [1.29, 1.82) is 0 Å². The highest BCUT2D eigenvalue weighted by Crippen LogP contribution is 2.38. The molecule has 1 rings (SSSR count). The van der Waals surface area contributed by atoms with E-state index in [-0.39, 0.29) is 23.3 Å². The maximum Gasteiger partial charge on any atom is 0.327 e. The van der Waals surface area contributed by atoms with Crippen molar-refractivity contribution < 1.29 is 19.8 Å². The molecule has 0 aromatic rings. The van der Waals surface area contributed by atoms with Crippen LogP contribution < -0.4 is 0 Å². The van der Waals surface area contributed by atoms with Gasteiger partial charge in [0.25, 0.3) is 0 Å². The lowest BCUT2D eigenvalue weighted by Gasteiger charge is -2.51. The summed E-state index contributed by atoms with van der Waals surface area (Å²) in [5.41, 5.74) is -0.559. The fourth-order valence-corrected chi connectivity index (χ4v) is 3.91. The van der Waals surface area contributed by atoms with Crippen molar-refractivity contribution in [2.24, 2.45) is 5.92 Å². The Morgan fingerprint density at radius 3 is 2.20 bits per heavy atom. The number of hydrogen-bond acceptors (Lipinski definition) is 4. The van der Waals surface area contributed by atoms with E-state index >= 15 is 0 Å². The van der Waals surface area contributed by atoms with E-state index in [2.05, 4.69) is 34.6 Å². The van der Waals surface area contributed by atoms with Crippen LogP contribution in [0.2, 0.25) is 0 Å². The summed E-state index contributed by atoms with van der Waals surface area (Å²) in [4.78, 5) is 10.5. The lowest BCUT2D eigenvalue weighted by atomic mass is 9.80. The Hall–Kier alpha value is -0.910.